The van der Waals surface area contributed by atoms with Crippen molar-refractivity contribution in [3.63, 3.8) is 0 Å². The van der Waals surface area contributed by atoms with Gasteiger partial charge in [-0.2, -0.15) is 0 Å². The Balaban J connectivity index is 4.25. The first-order valence-electron chi connectivity index (χ1n) is 27.3. The van der Waals surface area contributed by atoms with E-state index in [1.807, 2.05) is 0 Å². The highest BCUT2D eigenvalue weighted by Gasteiger charge is 2.19. The maximum absolute atomic E-state index is 12.8. The van der Waals surface area contributed by atoms with E-state index in [4.69, 9.17) is 14.2 Å². The highest BCUT2D eigenvalue weighted by Crippen LogP contribution is 2.17. The van der Waals surface area contributed by atoms with Crippen molar-refractivity contribution in [3.8, 4) is 0 Å². The van der Waals surface area contributed by atoms with Crippen molar-refractivity contribution in [1.82, 2.24) is 0 Å². The van der Waals surface area contributed by atoms with Gasteiger partial charge in [-0.25, -0.2) is 0 Å². The average Bonchev–Trinajstić information content (AvgIpc) is 3.27. The van der Waals surface area contributed by atoms with Gasteiger partial charge in [-0.05, 0) is 44.9 Å². The molecule has 0 spiro atoms. The van der Waals surface area contributed by atoms with E-state index in [0.29, 0.717) is 19.3 Å². The van der Waals surface area contributed by atoms with Crippen LogP contribution in [0.4, 0.5) is 0 Å². The lowest BCUT2D eigenvalue weighted by atomic mass is 10.0. The van der Waals surface area contributed by atoms with Crippen molar-refractivity contribution in [2.75, 3.05) is 13.2 Å². The fraction of sp³-hybridized carbons (Fsp3) is 0.875. The van der Waals surface area contributed by atoms with Crippen LogP contribution in [0.2, 0.25) is 0 Å². The molecule has 0 aliphatic rings. The van der Waals surface area contributed by atoms with E-state index in [1.165, 1.54) is 186 Å². The van der Waals surface area contributed by atoms with E-state index in [0.717, 1.165) is 70.6 Å². The van der Waals surface area contributed by atoms with E-state index in [-0.39, 0.29) is 31.1 Å². The third-order valence-electron chi connectivity index (χ3n) is 12.2. The van der Waals surface area contributed by atoms with Crippen molar-refractivity contribution < 1.29 is 28.6 Å². The van der Waals surface area contributed by atoms with Crippen LogP contribution < -0.4 is 0 Å². The molecule has 6 nitrogen and oxygen atoms in total. The van der Waals surface area contributed by atoms with Crippen LogP contribution in [0, 0.1) is 0 Å². The molecule has 6 heteroatoms. The Kier molecular flexibility index (Phi) is 49.8. The Labute approximate surface area is 385 Å². The van der Waals surface area contributed by atoms with Gasteiger partial charge in [0.2, 0.25) is 0 Å². The minimum Gasteiger partial charge on any atom is -0.462 e. The number of ether oxygens (including phenoxy) is 3. The largest absolute Gasteiger partial charge is 0.462 e. The molecule has 1 atom stereocenters. The molecule has 0 aliphatic heterocycles. The second kappa shape index (κ2) is 51.5. The fourth-order valence-corrected chi connectivity index (χ4v) is 8.13. The molecule has 0 radical (unpaired) electrons. The summed E-state index contributed by atoms with van der Waals surface area (Å²) in [5, 5.41) is 0. The molecule has 0 fully saturated rings. The summed E-state index contributed by atoms with van der Waals surface area (Å²) >= 11 is 0. The number of carbonyl (C=O) groups is 3. The zero-order valence-corrected chi connectivity index (χ0v) is 41.7. The Morgan fingerprint density at radius 3 is 0.968 bits per heavy atom. The van der Waals surface area contributed by atoms with Gasteiger partial charge in [0.1, 0.15) is 13.2 Å². The third kappa shape index (κ3) is 48.9. The van der Waals surface area contributed by atoms with Crippen LogP contribution in [0.3, 0.4) is 0 Å². The molecule has 0 aromatic rings. The van der Waals surface area contributed by atoms with E-state index in [2.05, 4.69) is 45.1 Å². The number of esters is 3. The summed E-state index contributed by atoms with van der Waals surface area (Å²) in [5.74, 6) is -0.897. The molecule has 0 amide bonds. The highest BCUT2D eigenvalue weighted by atomic mass is 16.6. The average molecular weight is 873 g/mol. The maximum Gasteiger partial charge on any atom is 0.306 e. The van der Waals surface area contributed by atoms with Gasteiger partial charge in [0.25, 0.3) is 0 Å². The van der Waals surface area contributed by atoms with Gasteiger partial charge in [0.05, 0.1) is 0 Å². The summed E-state index contributed by atoms with van der Waals surface area (Å²) in [5.41, 5.74) is 0. The Morgan fingerprint density at radius 2 is 0.629 bits per heavy atom. The number of carbonyl (C=O) groups excluding carboxylic acids is 3. The van der Waals surface area contributed by atoms with Crippen molar-refractivity contribution in [2.45, 2.75) is 303 Å². The highest BCUT2D eigenvalue weighted by molar-refractivity contribution is 5.71. The number of hydrogen-bond donors (Lipinski definition) is 0. The quantitative estimate of drug-likeness (QED) is 0.0262. The number of allylic oxidation sites excluding steroid dienone is 4. The summed E-state index contributed by atoms with van der Waals surface area (Å²) < 4.78 is 16.8. The molecule has 0 saturated carbocycles. The molecule has 0 saturated heterocycles. The summed E-state index contributed by atoms with van der Waals surface area (Å²) in [6.07, 6.45) is 59.0. The van der Waals surface area contributed by atoms with Gasteiger partial charge in [-0.3, -0.25) is 14.4 Å². The monoisotopic (exact) mass is 873 g/mol. The number of rotatable bonds is 50. The summed E-state index contributed by atoms with van der Waals surface area (Å²) in [4.78, 5) is 37.9. The van der Waals surface area contributed by atoms with Gasteiger partial charge in [0, 0.05) is 19.3 Å². The Morgan fingerprint density at radius 1 is 0.339 bits per heavy atom. The van der Waals surface area contributed by atoms with E-state index >= 15 is 0 Å². The van der Waals surface area contributed by atoms with Gasteiger partial charge < -0.3 is 14.2 Å². The molecule has 0 bridgehead atoms. The Hall–Kier alpha value is -2.11. The summed E-state index contributed by atoms with van der Waals surface area (Å²) in [6, 6.07) is 0. The predicted molar refractivity (Wildman–Crippen MR) is 266 cm³/mol. The summed E-state index contributed by atoms with van der Waals surface area (Å²) in [6.45, 7) is 6.53. The first-order valence-corrected chi connectivity index (χ1v) is 27.3. The van der Waals surface area contributed by atoms with Gasteiger partial charge in [0.15, 0.2) is 6.10 Å². The van der Waals surface area contributed by atoms with E-state index in [1.54, 1.807) is 0 Å². The lowest BCUT2D eigenvalue weighted by Gasteiger charge is -2.18. The SMILES string of the molecule is CC/C=C\C/C=C\CCCCC(=O)OCC(COC(=O)CCCCCCCCCCCCCCCCCCCC)OC(=O)CCCCCCCCCCCCCCCCCCC. The van der Waals surface area contributed by atoms with Crippen LogP contribution in [0.5, 0.6) is 0 Å². The molecule has 62 heavy (non-hydrogen) atoms. The second-order valence-electron chi connectivity index (χ2n) is 18.5. The van der Waals surface area contributed by atoms with Crippen LogP contribution in [0.25, 0.3) is 0 Å². The van der Waals surface area contributed by atoms with Crippen molar-refractivity contribution in [2.24, 2.45) is 0 Å². The minimum absolute atomic E-state index is 0.0762. The second-order valence-corrected chi connectivity index (χ2v) is 18.5. The smallest absolute Gasteiger partial charge is 0.306 e. The number of unbranched alkanes of at least 4 members (excludes halogenated alkanes) is 35. The van der Waals surface area contributed by atoms with Crippen molar-refractivity contribution >= 4 is 17.9 Å². The van der Waals surface area contributed by atoms with Gasteiger partial charge in [-0.1, -0.05) is 257 Å². The molecule has 0 aromatic heterocycles. The van der Waals surface area contributed by atoms with Gasteiger partial charge in [-0.15, -0.1) is 0 Å². The Bertz CT molecular complexity index is 1000. The van der Waals surface area contributed by atoms with Crippen molar-refractivity contribution in [3.05, 3.63) is 24.3 Å². The standard InChI is InChI=1S/C56H104O6/c1-4-7-10-13-16-19-21-23-25-27-29-30-32-34-37-40-43-46-49-55(58)61-52-53(51-60-54(57)48-45-42-39-36-18-15-12-9-6-3)62-56(59)50-47-44-41-38-35-33-31-28-26-24-22-20-17-14-11-8-5-2/h9,12,18,36,53H,4-8,10-11,13-17,19-35,37-52H2,1-3H3/b12-9-,36-18-. The fourth-order valence-electron chi connectivity index (χ4n) is 8.13. The first-order chi connectivity index (χ1) is 30.5. The topological polar surface area (TPSA) is 78.9 Å². The molecular formula is C56H104O6. The van der Waals surface area contributed by atoms with E-state index < -0.39 is 6.10 Å². The molecular weight excluding hydrogens is 769 g/mol. The lowest BCUT2D eigenvalue weighted by molar-refractivity contribution is -0.167. The van der Waals surface area contributed by atoms with Crippen LogP contribution in [-0.4, -0.2) is 37.2 Å². The molecule has 0 aliphatic carbocycles. The zero-order valence-electron chi connectivity index (χ0n) is 41.7. The van der Waals surface area contributed by atoms with Crippen LogP contribution >= 0.6 is 0 Å². The van der Waals surface area contributed by atoms with Crippen LogP contribution in [-0.2, 0) is 28.6 Å². The third-order valence-corrected chi connectivity index (χ3v) is 12.2. The molecule has 1 unspecified atom stereocenters. The normalized spacial score (nSPS) is 12.1. The molecule has 0 heterocycles. The van der Waals surface area contributed by atoms with Gasteiger partial charge >= 0.3 is 17.9 Å². The minimum atomic E-state index is -0.777. The van der Waals surface area contributed by atoms with Crippen molar-refractivity contribution in [1.29, 1.82) is 0 Å². The first kappa shape index (κ1) is 59.9. The maximum atomic E-state index is 12.8. The predicted octanol–water partition coefficient (Wildman–Crippen LogP) is 17.9. The molecule has 0 rings (SSSR count). The van der Waals surface area contributed by atoms with E-state index in [9.17, 15) is 14.4 Å². The lowest BCUT2D eigenvalue weighted by Crippen LogP contribution is -2.30. The van der Waals surface area contributed by atoms with Crippen LogP contribution in [0.15, 0.2) is 24.3 Å². The zero-order chi connectivity index (χ0) is 45.1. The summed E-state index contributed by atoms with van der Waals surface area (Å²) in [7, 11) is 0. The van der Waals surface area contributed by atoms with Crippen LogP contribution in [0.1, 0.15) is 297 Å². The number of hydrogen-bond acceptors (Lipinski definition) is 6. The molecule has 0 N–H and O–H groups in total. The molecule has 364 valence electrons. The molecule has 0 aromatic carbocycles.